The Kier molecular flexibility index (Phi) is 19.4. The molecule has 0 radical (unpaired) electrons. The van der Waals surface area contributed by atoms with Gasteiger partial charge in [-0.1, -0.05) is 140 Å². The van der Waals surface area contributed by atoms with Crippen molar-refractivity contribution in [3.63, 3.8) is 0 Å². The second kappa shape index (κ2) is 30.6. The number of piperazine rings is 2. The zero-order valence-electron chi connectivity index (χ0n) is 64.8. The summed E-state index contributed by atoms with van der Waals surface area (Å²) >= 11 is 0. The van der Waals surface area contributed by atoms with Crippen LogP contribution >= 0.6 is 0 Å². The lowest BCUT2D eigenvalue weighted by atomic mass is 9.78. The van der Waals surface area contributed by atoms with Gasteiger partial charge in [0.1, 0.15) is 68.6 Å². The Morgan fingerprint density at radius 2 is 0.770 bits per heavy atom. The summed E-state index contributed by atoms with van der Waals surface area (Å²) in [6.45, 7) is 13.6. The number of fused-ring (bicyclic) bond motifs is 6. The normalized spacial score (nSPS) is 20.6. The van der Waals surface area contributed by atoms with E-state index >= 15 is 0 Å². The van der Waals surface area contributed by atoms with Crippen molar-refractivity contribution in [3.05, 3.63) is 236 Å². The van der Waals surface area contributed by atoms with Crippen molar-refractivity contribution in [1.29, 1.82) is 0 Å². The average Bonchev–Trinajstić information content (AvgIpc) is 1.61. The Morgan fingerprint density at radius 3 is 1.23 bits per heavy atom. The maximum Gasteiger partial charge on any atom is 0.150 e. The number of rotatable bonds is 13. The number of nitrogen functional groups attached to an aromatic ring is 3. The van der Waals surface area contributed by atoms with Gasteiger partial charge in [-0.25, -0.2) is 44.9 Å². The topological polar surface area (TPSA) is 236 Å². The second-order valence-electron chi connectivity index (χ2n) is 32.2. The molecule has 6 aromatic carbocycles. The zero-order chi connectivity index (χ0) is 76.4. The van der Waals surface area contributed by atoms with Crippen LogP contribution in [-0.2, 0) is 0 Å². The fourth-order valence-corrected chi connectivity index (χ4v) is 18.4. The molecule has 0 spiro atoms. The molecule has 0 atom stereocenters. The van der Waals surface area contributed by atoms with Crippen LogP contribution < -0.4 is 22.5 Å². The first kappa shape index (κ1) is 71.9. The number of imidazole rings is 3. The lowest BCUT2D eigenvalue weighted by Crippen LogP contribution is -2.52. The molecule has 12 heterocycles. The minimum atomic E-state index is 0.412. The van der Waals surface area contributed by atoms with Gasteiger partial charge >= 0.3 is 0 Å². The number of likely N-dealkylation sites (tertiary alicyclic amines) is 1. The first-order chi connectivity index (χ1) is 55.3. The van der Waals surface area contributed by atoms with Crippen LogP contribution in [0.2, 0.25) is 0 Å². The summed E-state index contributed by atoms with van der Waals surface area (Å²) in [5.41, 5.74) is 38.0. The van der Waals surface area contributed by atoms with Crippen LogP contribution in [0.1, 0.15) is 92.2 Å². The summed E-state index contributed by atoms with van der Waals surface area (Å²) in [7, 11) is 6.76. The molecule has 0 bridgehead atoms. The number of pyridine rings is 3. The van der Waals surface area contributed by atoms with Gasteiger partial charge in [0.05, 0.1) is 33.6 Å². The number of anilines is 3. The molecule has 3 saturated heterocycles. The van der Waals surface area contributed by atoms with Crippen molar-refractivity contribution < 1.29 is 0 Å². The number of hydrogen-bond acceptors (Lipinski definition) is 18. The van der Waals surface area contributed by atoms with Gasteiger partial charge in [0.25, 0.3) is 0 Å². The van der Waals surface area contributed by atoms with E-state index in [1.807, 2.05) is 61.1 Å². The molecule has 570 valence electrons. The molecule has 21 heteroatoms. The minimum Gasteiger partial charge on any atom is -0.382 e. The Labute approximate surface area is 658 Å². The fraction of sp³-hybridized carbons (Fsp3) is 0.315. The molecule has 3 aliphatic carbocycles. The minimum absolute atomic E-state index is 0.412. The second-order valence-corrected chi connectivity index (χ2v) is 32.2. The SMILES string of the molecule is CN1CCC(N(C)C2CC(c3nc(-c4ccc5ccc(-c6ccccc6)nc5c4)c4c(N)nccn34)C2)CC1.Cc1cc(-c2ccccc2)nc2cc(-c3nc(C4CC(N5CCN(C)CC5)C4)n4ccnc(N)c34)ccc12.Nc1nccn2c(C3CC(N4CCNCC4)C3)nc(-c3ccc4ccc(-c5ccccc5)nc4c3)c12. The van der Waals surface area contributed by atoms with Gasteiger partial charge in [-0.05, 0) is 134 Å². The van der Waals surface area contributed by atoms with E-state index in [9.17, 15) is 0 Å². The van der Waals surface area contributed by atoms with Crippen molar-refractivity contribution in [2.24, 2.45) is 0 Å². The maximum absolute atomic E-state index is 6.46. The molecule has 0 amide bonds. The first-order valence-electron chi connectivity index (χ1n) is 40.4. The first-order valence-corrected chi connectivity index (χ1v) is 40.4. The molecular formula is C92H97N21. The number of piperidine rings is 1. The Balaban J connectivity index is 0.000000114. The lowest BCUT2D eigenvalue weighted by Gasteiger charge is -2.46. The molecule has 21 nitrogen and oxygen atoms in total. The van der Waals surface area contributed by atoms with E-state index in [2.05, 4.69) is 219 Å². The van der Waals surface area contributed by atoms with E-state index in [1.54, 1.807) is 18.6 Å². The van der Waals surface area contributed by atoms with Crippen LogP contribution in [0, 0.1) is 6.92 Å². The van der Waals surface area contributed by atoms with Crippen molar-refractivity contribution >= 4 is 66.7 Å². The number of aryl methyl sites for hydroxylation is 1. The van der Waals surface area contributed by atoms with Crippen LogP contribution in [0.15, 0.2) is 213 Å². The Bertz CT molecular complexity index is 5960. The summed E-state index contributed by atoms with van der Waals surface area (Å²) in [4.78, 5) is 56.7. The molecular weight excluding hydrogens is 1400 g/mol. The largest absolute Gasteiger partial charge is 0.382 e. The number of nitrogens with zero attached hydrogens (tertiary/aromatic N) is 17. The smallest absolute Gasteiger partial charge is 0.150 e. The maximum atomic E-state index is 6.46. The van der Waals surface area contributed by atoms with Crippen molar-refractivity contribution in [3.8, 4) is 67.5 Å². The number of nitrogens with one attached hydrogen (secondary N) is 1. The number of aromatic nitrogens is 12. The van der Waals surface area contributed by atoms with E-state index in [-0.39, 0.29) is 0 Å². The van der Waals surface area contributed by atoms with Crippen molar-refractivity contribution in [2.75, 3.05) is 104 Å². The van der Waals surface area contributed by atoms with Gasteiger partial charge in [-0.2, -0.15) is 0 Å². The van der Waals surface area contributed by atoms with Crippen LogP contribution in [0.3, 0.4) is 0 Å². The molecule has 7 N–H and O–H groups in total. The molecule has 9 aromatic heterocycles. The third kappa shape index (κ3) is 14.1. The van der Waals surface area contributed by atoms with Gasteiger partial charge in [0.2, 0.25) is 0 Å². The van der Waals surface area contributed by atoms with Crippen molar-refractivity contribution in [1.82, 2.24) is 87.9 Å². The quantitative estimate of drug-likeness (QED) is 0.0840. The standard InChI is InChI=1S/C32H35N7.C31H33N7.C29H29N7/c1-37-15-12-25(13-16-37)38(2)26-18-24(19-26)32-36-29(30-31(33)34-14-17-39(30)32)23-9-8-22-10-11-27(35-28(22)20-23)21-6-4-3-5-7-21;1-20-16-26(21-6-4-3-5-7-21)34-27-19-22(8-9-25(20)27)28-29-30(32)33-10-11-38(29)31(35-28)23-17-24(18-23)37-14-12-36(2)13-15-37;30-28-27-26(21-7-6-20-8-9-24(33-25(20)18-21)19-4-2-1-3-5-19)34-29(36(27)15-12-32-28)22-16-23(17-22)35-13-10-31-11-14-35/h3-11,14,17,20,24-26H,12-13,15-16,18-19H2,1-2H3,(H2,33,34);3-11,16,19,23-24H,12-15,17-18H2,1-2H3,(H2,32,33);1-9,12,15,18,22-23,31H,10-11,13-14,16-17H2,(H2,30,32). The van der Waals surface area contributed by atoms with Gasteiger partial charge in [-0.3, -0.25) is 23.0 Å². The van der Waals surface area contributed by atoms with E-state index in [0.717, 1.165) is 225 Å². The molecule has 21 rings (SSSR count). The number of likely N-dealkylation sites (N-methyl/N-ethyl adjacent to an activating group) is 1. The molecule has 6 aliphatic rings. The lowest BCUT2D eigenvalue weighted by molar-refractivity contribution is 0.0571. The number of benzene rings is 6. The van der Waals surface area contributed by atoms with Gasteiger partial charge in [-0.15, -0.1) is 0 Å². The fourth-order valence-electron chi connectivity index (χ4n) is 18.4. The molecule has 113 heavy (non-hydrogen) atoms. The summed E-state index contributed by atoms with van der Waals surface area (Å²) in [6, 6.07) is 63.3. The van der Waals surface area contributed by atoms with E-state index in [0.29, 0.717) is 59.4 Å². The molecule has 6 fully saturated rings. The highest BCUT2D eigenvalue weighted by molar-refractivity contribution is 5.95. The summed E-state index contributed by atoms with van der Waals surface area (Å²) < 4.78 is 6.51. The number of nitrogens with two attached hydrogens (primary N) is 3. The van der Waals surface area contributed by atoms with Crippen molar-refractivity contribution in [2.45, 2.75) is 100 Å². The average molecular weight is 1500 g/mol. The third-order valence-electron chi connectivity index (χ3n) is 25.3. The van der Waals surface area contributed by atoms with Crippen LogP contribution in [-0.4, -0.2) is 193 Å². The van der Waals surface area contributed by atoms with Gasteiger partial charge < -0.3 is 37.2 Å². The highest BCUT2D eigenvalue weighted by Crippen LogP contribution is 2.47. The molecule has 3 aliphatic heterocycles. The van der Waals surface area contributed by atoms with E-state index < -0.39 is 0 Å². The monoisotopic (exact) mass is 1500 g/mol. The van der Waals surface area contributed by atoms with Crippen LogP contribution in [0.4, 0.5) is 17.5 Å². The van der Waals surface area contributed by atoms with Gasteiger partial charge in [0.15, 0.2) is 0 Å². The molecule has 15 aromatic rings. The van der Waals surface area contributed by atoms with E-state index in [1.165, 1.54) is 31.5 Å². The third-order valence-corrected chi connectivity index (χ3v) is 25.3. The summed E-state index contributed by atoms with van der Waals surface area (Å²) in [5, 5.41) is 6.81. The Hall–Kier alpha value is -11.4. The van der Waals surface area contributed by atoms with Gasteiger partial charge in [0, 0.05) is 181 Å². The zero-order valence-corrected chi connectivity index (χ0v) is 64.8. The summed E-state index contributed by atoms with van der Waals surface area (Å²) in [5.74, 6) is 6.07. The van der Waals surface area contributed by atoms with Crippen LogP contribution in [0.5, 0.6) is 0 Å². The number of hydrogen-bond donors (Lipinski definition) is 4. The highest BCUT2D eigenvalue weighted by atomic mass is 15.3. The predicted octanol–water partition coefficient (Wildman–Crippen LogP) is 14.8. The Morgan fingerprint density at radius 1 is 0.381 bits per heavy atom. The molecule has 3 saturated carbocycles. The summed E-state index contributed by atoms with van der Waals surface area (Å²) in [6.07, 6.45) is 20.7. The van der Waals surface area contributed by atoms with E-state index in [4.69, 9.17) is 47.1 Å². The highest BCUT2D eigenvalue weighted by Gasteiger charge is 2.42. The molecule has 0 unspecified atom stereocenters. The van der Waals surface area contributed by atoms with Crippen LogP contribution in [0.25, 0.3) is 117 Å². The predicted molar refractivity (Wildman–Crippen MR) is 455 cm³/mol.